The molecule has 0 radical (unpaired) electrons. The average Bonchev–Trinajstić information content (AvgIpc) is 3.10. The largest absolute Gasteiger partial charge is 0.473 e. The molecule has 6 nitrogen and oxygen atoms in total. The molecule has 1 aliphatic rings. The molecule has 0 saturated heterocycles. The third kappa shape index (κ3) is 4.75. The molecule has 0 saturated carbocycles. The Labute approximate surface area is 207 Å². The monoisotopic (exact) mass is 501 g/mol. The quantitative estimate of drug-likeness (QED) is 0.370. The third-order valence-corrected chi connectivity index (χ3v) is 6.42. The molecular formula is C26H26ClF2N3O3. The van der Waals surface area contributed by atoms with Crippen molar-refractivity contribution in [3.63, 3.8) is 0 Å². The van der Waals surface area contributed by atoms with Gasteiger partial charge in [0.25, 0.3) is 0 Å². The first-order valence-corrected chi connectivity index (χ1v) is 11.5. The minimum Gasteiger partial charge on any atom is -0.473 e. The van der Waals surface area contributed by atoms with E-state index >= 15 is 0 Å². The number of benzene rings is 2. The van der Waals surface area contributed by atoms with Crippen LogP contribution in [-0.4, -0.2) is 21.1 Å². The lowest BCUT2D eigenvalue weighted by Crippen LogP contribution is -2.46. The van der Waals surface area contributed by atoms with Crippen molar-refractivity contribution in [2.75, 3.05) is 4.90 Å². The molecule has 0 N–H and O–H groups in total. The molecule has 2 heterocycles. The lowest BCUT2D eigenvalue weighted by Gasteiger charge is -2.36. The van der Waals surface area contributed by atoms with E-state index in [9.17, 15) is 13.6 Å². The van der Waals surface area contributed by atoms with E-state index in [2.05, 4.69) is 16.5 Å². The highest BCUT2D eigenvalue weighted by Gasteiger charge is 2.40. The van der Waals surface area contributed by atoms with Crippen molar-refractivity contribution in [2.24, 2.45) is 0 Å². The van der Waals surface area contributed by atoms with Crippen LogP contribution in [0.5, 0.6) is 17.4 Å². The maximum atomic E-state index is 14.7. The lowest BCUT2D eigenvalue weighted by atomic mass is 10.0. The molecule has 1 unspecified atom stereocenters. The van der Waals surface area contributed by atoms with Crippen LogP contribution in [0.15, 0.2) is 53.8 Å². The summed E-state index contributed by atoms with van der Waals surface area (Å²) in [6.45, 7) is 11.9. The van der Waals surface area contributed by atoms with E-state index in [1.54, 1.807) is 35.8 Å². The van der Waals surface area contributed by atoms with Gasteiger partial charge in [-0.05, 0) is 69.2 Å². The number of ether oxygens (including phenoxy) is 2. The Kier molecular flexibility index (Phi) is 6.60. The summed E-state index contributed by atoms with van der Waals surface area (Å²) in [6.07, 6.45) is 1.81. The van der Waals surface area contributed by atoms with E-state index in [1.807, 2.05) is 20.8 Å². The fourth-order valence-corrected chi connectivity index (χ4v) is 4.44. The van der Waals surface area contributed by atoms with Gasteiger partial charge in [-0.1, -0.05) is 17.7 Å². The molecule has 1 aromatic heterocycles. The van der Waals surface area contributed by atoms with E-state index in [4.69, 9.17) is 21.1 Å². The second kappa shape index (κ2) is 9.34. The van der Waals surface area contributed by atoms with E-state index in [-0.39, 0.29) is 29.8 Å². The molecule has 9 heteroatoms. The van der Waals surface area contributed by atoms with E-state index in [1.165, 1.54) is 6.07 Å². The smallest absolute Gasteiger partial charge is 0.352 e. The Morgan fingerprint density at radius 3 is 2.51 bits per heavy atom. The van der Waals surface area contributed by atoms with Gasteiger partial charge in [-0.15, -0.1) is 6.58 Å². The van der Waals surface area contributed by atoms with Gasteiger partial charge in [0.05, 0.1) is 12.1 Å². The topological polar surface area (TPSA) is 56.6 Å². The minimum atomic E-state index is -0.883. The summed E-state index contributed by atoms with van der Waals surface area (Å²) in [4.78, 5) is 18.7. The van der Waals surface area contributed by atoms with Gasteiger partial charge in [-0.3, -0.25) is 4.57 Å². The molecule has 0 amide bonds. The molecule has 0 fully saturated rings. The highest BCUT2D eigenvalue weighted by Crippen LogP contribution is 2.36. The van der Waals surface area contributed by atoms with E-state index < -0.39 is 28.6 Å². The minimum absolute atomic E-state index is 0.0676. The van der Waals surface area contributed by atoms with E-state index in [0.717, 1.165) is 17.7 Å². The summed E-state index contributed by atoms with van der Waals surface area (Å²) in [5.41, 5.74) is 0.0229. The van der Waals surface area contributed by atoms with Gasteiger partial charge >= 0.3 is 5.69 Å². The van der Waals surface area contributed by atoms with Gasteiger partial charge in [0.15, 0.2) is 17.4 Å². The van der Waals surface area contributed by atoms with Crippen LogP contribution in [0.2, 0.25) is 5.02 Å². The zero-order chi connectivity index (χ0) is 25.5. The summed E-state index contributed by atoms with van der Waals surface area (Å²) in [7, 11) is 0. The number of halogens is 3. The normalized spacial score (nSPS) is 17.0. The van der Waals surface area contributed by atoms with Crippen LogP contribution in [0.25, 0.3) is 0 Å². The first-order chi connectivity index (χ1) is 16.5. The molecule has 2 aromatic carbocycles. The number of rotatable bonds is 7. The maximum absolute atomic E-state index is 14.7. The molecule has 1 atom stereocenters. The number of hydrogen-bond acceptors (Lipinski definition) is 5. The number of hydrogen-bond donors (Lipinski definition) is 0. The second-order valence-electron chi connectivity index (χ2n) is 9.04. The molecule has 35 heavy (non-hydrogen) atoms. The Bertz CT molecular complexity index is 1340. The Morgan fingerprint density at radius 2 is 1.91 bits per heavy atom. The number of fused-ring (bicyclic) bond motifs is 1. The first-order valence-electron chi connectivity index (χ1n) is 11.1. The summed E-state index contributed by atoms with van der Waals surface area (Å²) in [6, 6.07) is 8.70. The number of aryl methyl sites for hydroxylation is 1. The van der Waals surface area contributed by atoms with Crippen molar-refractivity contribution in [1.29, 1.82) is 0 Å². The SMILES string of the molecule is C=CC1(C)Cn2c(cc(OCc3cc(F)c(Oc4ccc(Cl)c(C)c4)c(F)c3)nc2=O)N1C(C)C. The summed E-state index contributed by atoms with van der Waals surface area (Å²) >= 11 is 5.99. The van der Waals surface area contributed by atoms with Crippen LogP contribution in [0, 0.1) is 18.6 Å². The van der Waals surface area contributed by atoms with Crippen molar-refractivity contribution in [2.45, 2.75) is 52.4 Å². The van der Waals surface area contributed by atoms with Crippen LogP contribution >= 0.6 is 11.6 Å². The van der Waals surface area contributed by atoms with Crippen molar-refractivity contribution < 1.29 is 18.3 Å². The van der Waals surface area contributed by atoms with Crippen molar-refractivity contribution in [1.82, 2.24) is 9.55 Å². The van der Waals surface area contributed by atoms with Gasteiger partial charge in [0.1, 0.15) is 18.2 Å². The molecule has 184 valence electrons. The fraction of sp³-hybridized carbons (Fsp3) is 0.308. The van der Waals surface area contributed by atoms with Crippen LogP contribution < -0.4 is 20.1 Å². The average molecular weight is 502 g/mol. The molecular weight excluding hydrogens is 476 g/mol. The summed E-state index contributed by atoms with van der Waals surface area (Å²) < 4.78 is 42.0. The molecule has 0 spiro atoms. The zero-order valence-electron chi connectivity index (χ0n) is 19.9. The third-order valence-electron chi connectivity index (χ3n) is 5.99. The second-order valence-corrected chi connectivity index (χ2v) is 9.44. The standard InChI is InChI=1S/C26H26ClF2N3O3/c1-6-26(5)14-31-23(32(26)15(2)3)12-22(30-25(31)33)34-13-17-10-20(28)24(21(29)11-17)35-18-7-8-19(27)16(4)9-18/h6-12,15H,1,13-14H2,2-5H3. The predicted molar refractivity (Wildman–Crippen MR) is 132 cm³/mol. The number of anilines is 1. The highest BCUT2D eigenvalue weighted by molar-refractivity contribution is 6.31. The zero-order valence-corrected chi connectivity index (χ0v) is 20.7. The van der Waals surface area contributed by atoms with Crippen LogP contribution in [0.3, 0.4) is 0 Å². The first kappa shape index (κ1) is 24.7. The number of aromatic nitrogens is 2. The van der Waals surface area contributed by atoms with Gasteiger partial charge in [-0.25, -0.2) is 13.6 Å². The summed E-state index contributed by atoms with van der Waals surface area (Å²) in [5, 5.41) is 0.524. The van der Waals surface area contributed by atoms with Crippen LogP contribution in [-0.2, 0) is 13.2 Å². The molecule has 4 rings (SSSR count). The Morgan fingerprint density at radius 1 is 1.23 bits per heavy atom. The lowest BCUT2D eigenvalue weighted by molar-refractivity contribution is 0.289. The molecule has 1 aliphatic heterocycles. The molecule has 0 aliphatic carbocycles. The molecule has 3 aromatic rings. The van der Waals surface area contributed by atoms with Crippen molar-refractivity contribution in [3.05, 3.63) is 87.3 Å². The van der Waals surface area contributed by atoms with Crippen molar-refractivity contribution in [3.8, 4) is 17.4 Å². The highest BCUT2D eigenvalue weighted by atomic mass is 35.5. The van der Waals surface area contributed by atoms with E-state index in [0.29, 0.717) is 17.4 Å². The maximum Gasteiger partial charge on any atom is 0.352 e. The van der Waals surface area contributed by atoms with Crippen LogP contribution in [0.1, 0.15) is 31.9 Å². The van der Waals surface area contributed by atoms with Crippen LogP contribution in [0.4, 0.5) is 14.6 Å². The fourth-order valence-electron chi connectivity index (χ4n) is 4.32. The number of nitrogens with zero attached hydrogens (tertiary/aromatic N) is 3. The predicted octanol–water partition coefficient (Wildman–Crippen LogP) is 6.03. The van der Waals surface area contributed by atoms with Gasteiger partial charge in [-0.2, -0.15) is 4.98 Å². The van der Waals surface area contributed by atoms with Gasteiger partial charge < -0.3 is 14.4 Å². The Balaban J connectivity index is 1.55. The van der Waals surface area contributed by atoms with Gasteiger partial charge in [0.2, 0.25) is 5.88 Å². The van der Waals surface area contributed by atoms with Crippen molar-refractivity contribution >= 4 is 17.4 Å². The Hall–Kier alpha value is -3.39. The summed E-state index contributed by atoms with van der Waals surface area (Å²) in [5.74, 6) is -1.31. The molecule has 0 bridgehead atoms. The van der Waals surface area contributed by atoms with Gasteiger partial charge in [0, 0.05) is 17.1 Å².